The van der Waals surface area contributed by atoms with Crippen LogP contribution in [0, 0.1) is 6.92 Å². The number of hydrogen-bond donors (Lipinski definition) is 1. The summed E-state index contributed by atoms with van der Waals surface area (Å²) in [4.78, 5) is 22.3. The number of carboxylic acid groups (broad SMARTS) is 1. The van der Waals surface area contributed by atoms with E-state index in [0.29, 0.717) is 16.5 Å². The van der Waals surface area contributed by atoms with Gasteiger partial charge in [0, 0.05) is 9.86 Å². The molecular weight excluding hydrogens is 276 g/mol. The normalized spacial score (nSPS) is 10.6. The third-order valence-corrected chi connectivity index (χ3v) is 2.83. The Labute approximate surface area is 98.6 Å². The summed E-state index contributed by atoms with van der Waals surface area (Å²) >= 11 is 3.28. The number of aromatic carboxylic acids is 1. The van der Waals surface area contributed by atoms with Gasteiger partial charge in [0.05, 0.1) is 0 Å². The highest BCUT2D eigenvalue weighted by Gasteiger charge is 2.17. The minimum atomic E-state index is -1.27. The monoisotopic (exact) mass is 282 g/mol. The van der Waals surface area contributed by atoms with E-state index >= 15 is 0 Å². The molecule has 0 unspecified atom stereocenters. The van der Waals surface area contributed by atoms with Gasteiger partial charge in [-0.25, -0.2) is 9.59 Å². The number of carbonyl (C=O) groups is 1. The van der Waals surface area contributed by atoms with Crippen LogP contribution in [0.5, 0.6) is 0 Å². The molecule has 4 nitrogen and oxygen atoms in total. The average Bonchev–Trinajstić information content (AvgIpc) is 2.19. The number of aryl methyl sites for hydroxylation is 1. The Bertz CT molecular complexity index is 642. The molecule has 2 rings (SSSR count). The fraction of sp³-hybridized carbons (Fsp3) is 0.0909. The maximum Gasteiger partial charge on any atom is 0.351 e. The van der Waals surface area contributed by atoms with Gasteiger partial charge >= 0.3 is 11.6 Å². The molecule has 0 aliphatic heterocycles. The standard InChI is InChI=1S/C11H7BrO4/c1-5-7-4-6(12)2-3-8(7)16-11(15)9(5)10(13)14/h2-4H,1H3,(H,13,14). The van der Waals surface area contributed by atoms with E-state index in [0.717, 1.165) is 4.47 Å². The van der Waals surface area contributed by atoms with Gasteiger partial charge in [-0.05, 0) is 30.7 Å². The molecule has 0 fully saturated rings. The largest absolute Gasteiger partial charge is 0.477 e. The third kappa shape index (κ3) is 1.63. The summed E-state index contributed by atoms with van der Waals surface area (Å²) in [7, 11) is 0. The zero-order chi connectivity index (χ0) is 11.9. The van der Waals surface area contributed by atoms with Crippen LogP contribution < -0.4 is 5.63 Å². The van der Waals surface area contributed by atoms with E-state index in [-0.39, 0.29) is 5.56 Å². The first kappa shape index (κ1) is 10.9. The fourth-order valence-corrected chi connectivity index (χ4v) is 1.93. The first-order valence-corrected chi connectivity index (χ1v) is 5.26. The van der Waals surface area contributed by atoms with Crippen LogP contribution in [-0.4, -0.2) is 11.1 Å². The maximum atomic E-state index is 11.4. The van der Waals surface area contributed by atoms with Gasteiger partial charge in [-0.1, -0.05) is 15.9 Å². The van der Waals surface area contributed by atoms with E-state index in [9.17, 15) is 9.59 Å². The second-order valence-electron chi connectivity index (χ2n) is 3.34. The van der Waals surface area contributed by atoms with Gasteiger partial charge in [0.1, 0.15) is 11.1 Å². The zero-order valence-electron chi connectivity index (χ0n) is 8.28. The molecule has 5 heteroatoms. The van der Waals surface area contributed by atoms with Crippen LogP contribution >= 0.6 is 15.9 Å². The van der Waals surface area contributed by atoms with Crippen molar-refractivity contribution in [3.63, 3.8) is 0 Å². The second kappa shape index (κ2) is 3.75. The summed E-state index contributed by atoms with van der Waals surface area (Å²) in [6, 6.07) is 5.07. The minimum absolute atomic E-state index is 0.314. The number of hydrogen-bond acceptors (Lipinski definition) is 3. The minimum Gasteiger partial charge on any atom is -0.477 e. The molecular formula is C11H7BrO4. The molecule has 0 spiro atoms. The van der Waals surface area contributed by atoms with Gasteiger partial charge in [0.2, 0.25) is 0 Å². The van der Waals surface area contributed by atoms with Crippen LogP contribution in [-0.2, 0) is 0 Å². The van der Waals surface area contributed by atoms with Crippen molar-refractivity contribution in [3.05, 3.63) is 44.2 Å². The molecule has 2 aromatic rings. The first-order chi connectivity index (χ1) is 7.50. The number of halogens is 1. The fourth-order valence-electron chi connectivity index (χ4n) is 1.57. The van der Waals surface area contributed by atoms with Crippen molar-refractivity contribution in [2.75, 3.05) is 0 Å². The predicted molar refractivity (Wildman–Crippen MR) is 61.9 cm³/mol. The summed E-state index contributed by atoms with van der Waals surface area (Å²) in [6.07, 6.45) is 0. The van der Waals surface area contributed by atoms with Gasteiger partial charge in [-0.15, -0.1) is 0 Å². The zero-order valence-corrected chi connectivity index (χ0v) is 9.87. The molecule has 1 heterocycles. The Kier molecular flexibility index (Phi) is 2.55. The highest BCUT2D eigenvalue weighted by Crippen LogP contribution is 2.23. The van der Waals surface area contributed by atoms with Crippen molar-refractivity contribution in [2.45, 2.75) is 6.92 Å². The van der Waals surface area contributed by atoms with Crippen molar-refractivity contribution in [1.82, 2.24) is 0 Å². The van der Waals surface area contributed by atoms with Crippen LogP contribution in [0.4, 0.5) is 0 Å². The lowest BCUT2D eigenvalue weighted by atomic mass is 10.1. The summed E-state index contributed by atoms with van der Waals surface area (Å²) in [5, 5.41) is 9.52. The highest BCUT2D eigenvalue weighted by molar-refractivity contribution is 9.10. The molecule has 0 amide bonds. The van der Waals surface area contributed by atoms with Crippen LogP contribution in [0.15, 0.2) is 31.9 Å². The molecule has 1 N–H and O–H groups in total. The average molecular weight is 283 g/mol. The predicted octanol–water partition coefficient (Wildman–Crippen LogP) is 2.56. The number of fused-ring (bicyclic) bond motifs is 1. The second-order valence-corrected chi connectivity index (χ2v) is 4.25. The molecule has 0 aliphatic carbocycles. The van der Waals surface area contributed by atoms with Crippen LogP contribution in [0.2, 0.25) is 0 Å². The quantitative estimate of drug-likeness (QED) is 0.817. The lowest BCUT2D eigenvalue weighted by Crippen LogP contribution is -2.15. The van der Waals surface area contributed by atoms with Gasteiger partial charge < -0.3 is 9.52 Å². The molecule has 16 heavy (non-hydrogen) atoms. The van der Waals surface area contributed by atoms with Gasteiger partial charge in [0.25, 0.3) is 0 Å². The molecule has 82 valence electrons. The van der Waals surface area contributed by atoms with E-state index in [4.69, 9.17) is 9.52 Å². The van der Waals surface area contributed by atoms with E-state index in [1.165, 1.54) is 0 Å². The molecule has 0 radical (unpaired) electrons. The van der Waals surface area contributed by atoms with Crippen molar-refractivity contribution in [3.8, 4) is 0 Å². The van der Waals surface area contributed by atoms with E-state index in [2.05, 4.69) is 15.9 Å². The van der Waals surface area contributed by atoms with E-state index < -0.39 is 11.6 Å². The summed E-state index contributed by atoms with van der Waals surface area (Å²) in [6.45, 7) is 1.59. The highest BCUT2D eigenvalue weighted by atomic mass is 79.9. The van der Waals surface area contributed by atoms with Crippen LogP contribution in [0.3, 0.4) is 0 Å². The van der Waals surface area contributed by atoms with Gasteiger partial charge in [0.15, 0.2) is 0 Å². The Morgan fingerprint density at radius 2 is 2.12 bits per heavy atom. The molecule has 0 bridgehead atoms. The van der Waals surface area contributed by atoms with Gasteiger partial charge in [-0.2, -0.15) is 0 Å². The van der Waals surface area contributed by atoms with Crippen molar-refractivity contribution < 1.29 is 14.3 Å². The summed E-state index contributed by atoms with van der Waals surface area (Å²) in [5.41, 5.74) is -0.332. The number of carboxylic acids is 1. The van der Waals surface area contributed by atoms with Crippen LogP contribution in [0.1, 0.15) is 15.9 Å². The summed E-state index contributed by atoms with van der Waals surface area (Å²) in [5.74, 6) is -1.27. The van der Waals surface area contributed by atoms with E-state index in [1.54, 1.807) is 25.1 Å². The Morgan fingerprint density at radius 3 is 2.75 bits per heavy atom. The van der Waals surface area contributed by atoms with E-state index in [1.807, 2.05) is 0 Å². The molecule has 1 aromatic heterocycles. The first-order valence-electron chi connectivity index (χ1n) is 4.47. The van der Waals surface area contributed by atoms with Crippen LogP contribution in [0.25, 0.3) is 11.0 Å². The van der Waals surface area contributed by atoms with Crippen molar-refractivity contribution in [2.24, 2.45) is 0 Å². The topological polar surface area (TPSA) is 67.5 Å². The maximum absolute atomic E-state index is 11.4. The Balaban J connectivity index is 2.96. The molecule has 0 saturated carbocycles. The summed E-state index contributed by atoms with van der Waals surface area (Å²) < 4.78 is 5.73. The van der Waals surface area contributed by atoms with Gasteiger partial charge in [-0.3, -0.25) is 0 Å². The molecule has 0 aliphatic rings. The smallest absolute Gasteiger partial charge is 0.351 e. The SMILES string of the molecule is Cc1c(C(=O)O)c(=O)oc2ccc(Br)cc12. The number of benzene rings is 1. The molecule has 0 saturated heterocycles. The lowest BCUT2D eigenvalue weighted by Gasteiger charge is -2.04. The molecule has 1 aromatic carbocycles. The lowest BCUT2D eigenvalue weighted by molar-refractivity contribution is 0.0691. The number of rotatable bonds is 1. The van der Waals surface area contributed by atoms with Crippen molar-refractivity contribution in [1.29, 1.82) is 0 Å². The third-order valence-electron chi connectivity index (χ3n) is 2.34. The molecule has 0 atom stereocenters. The Hall–Kier alpha value is -1.62. The van der Waals surface area contributed by atoms with Crippen molar-refractivity contribution >= 4 is 32.9 Å². The Morgan fingerprint density at radius 1 is 1.44 bits per heavy atom.